The Balaban J connectivity index is 0.000000461. The third-order valence-electron chi connectivity index (χ3n) is 1.53. The third-order valence-corrected chi connectivity index (χ3v) is 1.53. The van der Waals surface area contributed by atoms with E-state index in [4.69, 9.17) is 5.26 Å². The zero-order valence-corrected chi connectivity index (χ0v) is 7.29. The predicted molar refractivity (Wildman–Crippen MR) is 42.8 cm³/mol. The number of ketones is 1. The number of Topliss-reactive ketones (excluding diaryl/α,β-unsaturated/α-hetero) is 1. The minimum absolute atomic E-state index is 0.127. The van der Waals surface area contributed by atoms with Crippen molar-refractivity contribution in [2.24, 2.45) is 0 Å². The van der Waals surface area contributed by atoms with Crippen LogP contribution in [0, 0.1) is 11.5 Å². The van der Waals surface area contributed by atoms with Gasteiger partial charge in [-0.05, 0) is 6.92 Å². The van der Waals surface area contributed by atoms with Crippen molar-refractivity contribution in [3.63, 3.8) is 0 Å². The van der Waals surface area contributed by atoms with Crippen molar-refractivity contribution in [1.29, 1.82) is 5.26 Å². The number of hydrogen-bond donors (Lipinski definition) is 0. The monoisotopic (exact) mass is 154 g/mol. The highest BCUT2D eigenvalue weighted by molar-refractivity contribution is 5.83. The van der Waals surface area contributed by atoms with Gasteiger partial charge in [-0.2, -0.15) is 5.26 Å². The molecule has 1 heterocycles. The molecule has 3 nitrogen and oxygen atoms in total. The molecule has 1 aliphatic heterocycles. The molecule has 1 saturated heterocycles. The van der Waals surface area contributed by atoms with Gasteiger partial charge in [-0.3, -0.25) is 4.79 Å². The summed E-state index contributed by atoms with van der Waals surface area (Å²) >= 11 is 0. The fourth-order valence-electron chi connectivity index (χ4n) is 0.984. The SMILES string of the molecule is CC.CC1CC(=O)CN1C#N. The highest BCUT2D eigenvalue weighted by Gasteiger charge is 2.25. The van der Waals surface area contributed by atoms with Crippen molar-refractivity contribution in [2.45, 2.75) is 33.2 Å². The summed E-state index contributed by atoms with van der Waals surface area (Å²) in [5.41, 5.74) is 0. The minimum Gasteiger partial charge on any atom is -0.300 e. The summed E-state index contributed by atoms with van der Waals surface area (Å²) in [5, 5.41) is 8.38. The molecule has 0 aromatic heterocycles. The lowest BCUT2D eigenvalue weighted by Crippen LogP contribution is -2.20. The van der Waals surface area contributed by atoms with Crippen LogP contribution in [-0.4, -0.2) is 23.3 Å². The first kappa shape index (κ1) is 9.96. The quantitative estimate of drug-likeness (QED) is 0.492. The van der Waals surface area contributed by atoms with Crippen molar-refractivity contribution in [3.05, 3.63) is 0 Å². The van der Waals surface area contributed by atoms with Gasteiger partial charge < -0.3 is 4.90 Å². The summed E-state index contributed by atoms with van der Waals surface area (Å²) in [6.07, 6.45) is 2.49. The summed E-state index contributed by atoms with van der Waals surface area (Å²) in [5.74, 6) is 0.170. The molecule has 3 heteroatoms. The Morgan fingerprint density at radius 1 is 1.64 bits per heavy atom. The van der Waals surface area contributed by atoms with Crippen LogP contribution in [-0.2, 0) is 4.79 Å². The van der Waals surface area contributed by atoms with E-state index in [9.17, 15) is 4.79 Å². The van der Waals surface area contributed by atoms with Crippen LogP contribution in [0.3, 0.4) is 0 Å². The van der Waals surface area contributed by atoms with Crippen molar-refractivity contribution in [1.82, 2.24) is 4.90 Å². The fraction of sp³-hybridized carbons (Fsp3) is 0.750. The van der Waals surface area contributed by atoms with E-state index in [2.05, 4.69) is 0 Å². The van der Waals surface area contributed by atoms with Gasteiger partial charge in [0.25, 0.3) is 0 Å². The highest BCUT2D eigenvalue weighted by atomic mass is 16.1. The topological polar surface area (TPSA) is 44.1 Å². The number of nitriles is 1. The second-order valence-corrected chi connectivity index (χ2v) is 2.32. The molecule has 11 heavy (non-hydrogen) atoms. The zero-order valence-electron chi connectivity index (χ0n) is 7.29. The van der Waals surface area contributed by atoms with Crippen LogP contribution >= 0.6 is 0 Å². The standard InChI is InChI=1S/C6H8N2O.C2H6/c1-5-2-6(9)3-8(5)4-7;1-2/h5H,2-3H2,1H3;1-2H3. The van der Waals surface area contributed by atoms with Gasteiger partial charge in [-0.1, -0.05) is 13.8 Å². The van der Waals surface area contributed by atoms with Gasteiger partial charge in [-0.15, -0.1) is 0 Å². The van der Waals surface area contributed by atoms with Crippen molar-refractivity contribution >= 4 is 5.78 Å². The summed E-state index contributed by atoms with van der Waals surface area (Å²) in [7, 11) is 0. The zero-order chi connectivity index (χ0) is 8.85. The van der Waals surface area contributed by atoms with Crippen LogP contribution in [0.25, 0.3) is 0 Å². The lowest BCUT2D eigenvalue weighted by Gasteiger charge is -2.09. The Hall–Kier alpha value is -1.04. The maximum Gasteiger partial charge on any atom is 0.180 e. The van der Waals surface area contributed by atoms with E-state index < -0.39 is 0 Å². The summed E-state index contributed by atoms with van der Waals surface area (Å²) in [6.45, 7) is 6.20. The van der Waals surface area contributed by atoms with E-state index >= 15 is 0 Å². The van der Waals surface area contributed by atoms with Crippen LogP contribution in [0.4, 0.5) is 0 Å². The van der Waals surface area contributed by atoms with Crippen LogP contribution < -0.4 is 0 Å². The number of likely N-dealkylation sites (tertiary alicyclic amines) is 1. The Bertz CT molecular complexity index is 171. The van der Waals surface area contributed by atoms with Gasteiger partial charge in [0.05, 0.1) is 6.54 Å². The molecule has 62 valence electrons. The molecule has 1 atom stereocenters. The normalized spacial score (nSPS) is 22.2. The molecule has 0 bridgehead atoms. The van der Waals surface area contributed by atoms with Crippen LogP contribution in [0.5, 0.6) is 0 Å². The maximum atomic E-state index is 10.6. The van der Waals surface area contributed by atoms with Gasteiger partial charge in [0, 0.05) is 12.5 Å². The molecule has 1 rings (SSSR count). The average Bonchev–Trinajstić information content (AvgIpc) is 2.33. The first-order valence-corrected chi connectivity index (χ1v) is 3.92. The second kappa shape index (κ2) is 4.73. The summed E-state index contributed by atoms with van der Waals surface area (Å²) < 4.78 is 0. The molecule has 0 N–H and O–H groups in total. The Kier molecular flexibility index (Phi) is 4.28. The molecular formula is C8H14N2O. The largest absolute Gasteiger partial charge is 0.300 e. The van der Waals surface area contributed by atoms with Gasteiger partial charge in [0.2, 0.25) is 0 Å². The van der Waals surface area contributed by atoms with Crippen molar-refractivity contribution in [2.75, 3.05) is 6.54 Å². The molecule has 0 aliphatic carbocycles. The van der Waals surface area contributed by atoms with E-state index in [0.717, 1.165) is 0 Å². The Labute approximate surface area is 67.6 Å². The molecule has 0 aromatic rings. The molecule has 0 aromatic carbocycles. The van der Waals surface area contributed by atoms with E-state index in [1.807, 2.05) is 27.0 Å². The number of nitrogens with zero attached hydrogens (tertiary/aromatic N) is 2. The molecule has 1 fully saturated rings. The lowest BCUT2D eigenvalue weighted by atomic mass is 10.2. The van der Waals surface area contributed by atoms with Crippen LogP contribution in [0.2, 0.25) is 0 Å². The van der Waals surface area contributed by atoms with E-state index in [1.165, 1.54) is 4.90 Å². The molecule has 1 aliphatic rings. The first-order valence-electron chi connectivity index (χ1n) is 3.92. The van der Waals surface area contributed by atoms with Gasteiger partial charge in [-0.25, -0.2) is 0 Å². The molecular weight excluding hydrogens is 140 g/mol. The van der Waals surface area contributed by atoms with E-state index in [0.29, 0.717) is 13.0 Å². The lowest BCUT2D eigenvalue weighted by molar-refractivity contribution is -0.116. The molecule has 1 unspecified atom stereocenters. The second-order valence-electron chi connectivity index (χ2n) is 2.32. The first-order chi connectivity index (χ1) is 5.24. The number of carbonyl (C=O) groups is 1. The number of hydrogen-bond acceptors (Lipinski definition) is 3. The maximum absolute atomic E-state index is 10.6. The summed E-state index contributed by atoms with van der Waals surface area (Å²) in [6, 6.07) is 0.127. The molecule has 0 amide bonds. The predicted octanol–water partition coefficient (Wildman–Crippen LogP) is 1.16. The van der Waals surface area contributed by atoms with Crippen molar-refractivity contribution < 1.29 is 4.79 Å². The summed E-state index contributed by atoms with van der Waals surface area (Å²) in [4.78, 5) is 12.1. The average molecular weight is 154 g/mol. The Morgan fingerprint density at radius 3 is 2.36 bits per heavy atom. The van der Waals surface area contributed by atoms with Crippen LogP contribution in [0.15, 0.2) is 0 Å². The molecule has 0 saturated carbocycles. The molecule has 0 radical (unpaired) electrons. The smallest absolute Gasteiger partial charge is 0.180 e. The van der Waals surface area contributed by atoms with Gasteiger partial charge in [0.1, 0.15) is 0 Å². The molecule has 0 spiro atoms. The number of carbonyl (C=O) groups excluding carboxylic acids is 1. The van der Waals surface area contributed by atoms with E-state index in [1.54, 1.807) is 0 Å². The van der Waals surface area contributed by atoms with Crippen LogP contribution in [0.1, 0.15) is 27.2 Å². The van der Waals surface area contributed by atoms with Gasteiger partial charge >= 0.3 is 0 Å². The number of rotatable bonds is 0. The minimum atomic E-state index is 0.127. The van der Waals surface area contributed by atoms with Crippen molar-refractivity contribution in [3.8, 4) is 6.19 Å². The fourth-order valence-corrected chi connectivity index (χ4v) is 0.984. The Morgan fingerprint density at radius 2 is 2.18 bits per heavy atom. The van der Waals surface area contributed by atoms with Gasteiger partial charge in [0.15, 0.2) is 12.0 Å². The third kappa shape index (κ3) is 2.58. The highest BCUT2D eigenvalue weighted by Crippen LogP contribution is 2.10. The van der Waals surface area contributed by atoms with E-state index in [-0.39, 0.29) is 11.8 Å².